The number of hydrogen-bond acceptors (Lipinski definition) is 4. The van der Waals surface area contributed by atoms with E-state index in [2.05, 4.69) is 38.0 Å². The zero-order chi connectivity index (χ0) is 15.2. The van der Waals surface area contributed by atoms with Gasteiger partial charge < -0.3 is 10.2 Å². The molecule has 1 N–H and O–H groups in total. The summed E-state index contributed by atoms with van der Waals surface area (Å²) in [5.41, 5.74) is 0. The van der Waals surface area contributed by atoms with Crippen molar-refractivity contribution in [2.45, 2.75) is 52.1 Å². The van der Waals surface area contributed by atoms with Gasteiger partial charge in [-0.3, -0.25) is 0 Å². The molecule has 6 heteroatoms. The van der Waals surface area contributed by atoms with Crippen LogP contribution in [0.2, 0.25) is 0 Å². The van der Waals surface area contributed by atoms with E-state index in [1.807, 2.05) is 0 Å². The predicted molar refractivity (Wildman–Crippen MR) is 84.4 cm³/mol. The highest BCUT2D eigenvalue weighted by atomic mass is 32.2. The minimum Gasteiger partial charge on any atom is -0.314 e. The molecule has 1 heterocycles. The lowest BCUT2D eigenvalue weighted by Gasteiger charge is -2.29. The molecule has 20 heavy (non-hydrogen) atoms. The summed E-state index contributed by atoms with van der Waals surface area (Å²) in [4.78, 5) is 2.24. The van der Waals surface area contributed by atoms with Gasteiger partial charge in [-0.05, 0) is 39.4 Å². The fourth-order valence-electron chi connectivity index (χ4n) is 2.68. The van der Waals surface area contributed by atoms with Crippen LogP contribution in [0.5, 0.6) is 0 Å². The van der Waals surface area contributed by atoms with Crippen LogP contribution in [-0.2, 0) is 10.0 Å². The maximum absolute atomic E-state index is 12.5. The van der Waals surface area contributed by atoms with Gasteiger partial charge in [-0.2, -0.15) is 4.31 Å². The molecule has 0 aromatic carbocycles. The maximum Gasteiger partial charge on any atom is 0.214 e. The number of nitrogens with zero attached hydrogens (tertiary/aromatic N) is 2. The van der Waals surface area contributed by atoms with Crippen molar-refractivity contribution in [3.8, 4) is 0 Å². The van der Waals surface area contributed by atoms with Crippen LogP contribution in [0.3, 0.4) is 0 Å². The third-order valence-electron chi connectivity index (χ3n) is 3.81. The Balaban J connectivity index is 2.59. The van der Waals surface area contributed by atoms with Crippen molar-refractivity contribution in [1.82, 2.24) is 14.5 Å². The topological polar surface area (TPSA) is 52.7 Å². The van der Waals surface area contributed by atoms with E-state index in [1.165, 1.54) is 0 Å². The standard InChI is InChI=1S/C14H31N3O2S/c1-5-14-12-16(4)9-7-10-17(14)20(18,19)11-6-8-15-13(2)3/h13-15H,5-12H2,1-4H3. The molecular weight excluding hydrogens is 274 g/mol. The fourth-order valence-corrected chi connectivity index (χ4v) is 4.50. The summed E-state index contributed by atoms with van der Waals surface area (Å²) in [6, 6.07) is 0.540. The summed E-state index contributed by atoms with van der Waals surface area (Å²) in [7, 11) is -1.05. The SMILES string of the molecule is CCC1CN(C)CCCN1S(=O)(=O)CCCNC(C)C. The van der Waals surface area contributed by atoms with Gasteiger partial charge in [0.15, 0.2) is 0 Å². The molecule has 0 aromatic rings. The van der Waals surface area contributed by atoms with Gasteiger partial charge in [-0.15, -0.1) is 0 Å². The summed E-state index contributed by atoms with van der Waals surface area (Å²) in [6.45, 7) is 9.49. The van der Waals surface area contributed by atoms with E-state index in [-0.39, 0.29) is 11.8 Å². The van der Waals surface area contributed by atoms with Crippen molar-refractivity contribution in [2.24, 2.45) is 0 Å². The first-order valence-electron chi connectivity index (χ1n) is 7.78. The van der Waals surface area contributed by atoms with Crippen molar-refractivity contribution in [2.75, 3.05) is 39.0 Å². The molecule has 0 bridgehead atoms. The van der Waals surface area contributed by atoms with E-state index in [0.717, 1.165) is 32.5 Å². The molecule has 1 atom stereocenters. The summed E-state index contributed by atoms with van der Waals surface area (Å²) in [5.74, 6) is 0.257. The number of likely N-dealkylation sites (N-methyl/N-ethyl adjacent to an activating group) is 1. The van der Waals surface area contributed by atoms with Gasteiger partial charge in [0.25, 0.3) is 0 Å². The second-order valence-electron chi connectivity index (χ2n) is 6.07. The molecule has 120 valence electrons. The Morgan fingerprint density at radius 3 is 2.60 bits per heavy atom. The molecule has 1 rings (SSSR count). The van der Waals surface area contributed by atoms with Gasteiger partial charge in [-0.1, -0.05) is 20.8 Å². The van der Waals surface area contributed by atoms with Crippen molar-refractivity contribution >= 4 is 10.0 Å². The smallest absolute Gasteiger partial charge is 0.214 e. The average molecular weight is 305 g/mol. The van der Waals surface area contributed by atoms with E-state index >= 15 is 0 Å². The summed E-state index contributed by atoms with van der Waals surface area (Å²) in [5, 5.41) is 3.27. The summed E-state index contributed by atoms with van der Waals surface area (Å²) >= 11 is 0. The Labute approximate surface area is 124 Å². The molecule has 0 radical (unpaired) electrons. The van der Waals surface area contributed by atoms with Crippen LogP contribution < -0.4 is 5.32 Å². The Morgan fingerprint density at radius 1 is 1.30 bits per heavy atom. The minimum atomic E-state index is -3.12. The molecule has 1 unspecified atom stereocenters. The third-order valence-corrected chi connectivity index (χ3v) is 5.81. The number of rotatable bonds is 7. The molecule has 1 saturated heterocycles. The highest BCUT2D eigenvalue weighted by molar-refractivity contribution is 7.89. The predicted octanol–water partition coefficient (Wildman–Crippen LogP) is 1.12. The number of hydrogen-bond donors (Lipinski definition) is 1. The molecule has 1 fully saturated rings. The van der Waals surface area contributed by atoms with Gasteiger partial charge in [0.1, 0.15) is 0 Å². The second-order valence-corrected chi connectivity index (χ2v) is 8.11. The Morgan fingerprint density at radius 2 is 2.00 bits per heavy atom. The van der Waals surface area contributed by atoms with Crippen LogP contribution in [0.25, 0.3) is 0 Å². The van der Waals surface area contributed by atoms with E-state index in [0.29, 0.717) is 19.0 Å². The third kappa shape index (κ3) is 5.68. The lowest BCUT2D eigenvalue weighted by Crippen LogP contribution is -2.44. The van der Waals surface area contributed by atoms with Crippen LogP contribution in [0.4, 0.5) is 0 Å². The highest BCUT2D eigenvalue weighted by Crippen LogP contribution is 2.17. The van der Waals surface area contributed by atoms with E-state index in [1.54, 1.807) is 4.31 Å². The molecule has 0 amide bonds. The second kappa shape index (κ2) is 8.32. The first-order chi connectivity index (χ1) is 9.36. The molecule has 5 nitrogen and oxygen atoms in total. The summed E-state index contributed by atoms with van der Waals surface area (Å²) < 4.78 is 26.8. The van der Waals surface area contributed by atoms with Crippen molar-refractivity contribution < 1.29 is 8.42 Å². The van der Waals surface area contributed by atoms with Crippen LogP contribution in [0, 0.1) is 0 Å². The molecule has 0 spiro atoms. The van der Waals surface area contributed by atoms with Gasteiger partial charge in [0, 0.05) is 25.2 Å². The van der Waals surface area contributed by atoms with Crippen LogP contribution >= 0.6 is 0 Å². The van der Waals surface area contributed by atoms with Crippen molar-refractivity contribution in [3.63, 3.8) is 0 Å². The molecule has 0 aliphatic carbocycles. The lowest BCUT2D eigenvalue weighted by molar-refractivity contribution is 0.270. The van der Waals surface area contributed by atoms with Crippen LogP contribution in [-0.4, -0.2) is 68.7 Å². The molecule has 1 aliphatic rings. The molecular formula is C14H31N3O2S. The van der Waals surface area contributed by atoms with Gasteiger partial charge in [0.05, 0.1) is 5.75 Å². The Kier molecular flexibility index (Phi) is 7.43. The van der Waals surface area contributed by atoms with E-state index in [9.17, 15) is 8.42 Å². The zero-order valence-corrected chi connectivity index (χ0v) is 14.2. The lowest BCUT2D eigenvalue weighted by atomic mass is 10.2. The van der Waals surface area contributed by atoms with Crippen LogP contribution in [0.1, 0.15) is 40.0 Å². The normalized spacial score (nSPS) is 23.1. The van der Waals surface area contributed by atoms with E-state index in [4.69, 9.17) is 0 Å². The van der Waals surface area contributed by atoms with Crippen LogP contribution in [0.15, 0.2) is 0 Å². The first-order valence-corrected chi connectivity index (χ1v) is 9.39. The number of nitrogens with one attached hydrogen (secondary N) is 1. The van der Waals surface area contributed by atoms with Crippen molar-refractivity contribution in [1.29, 1.82) is 0 Å². The van der Waals surface area contributed by atoms with Gasteiger partial charge in [-0.25, -0.2) is 8.42 Å². The van der Waals surface area contributed by atoms with Crippen molar-refractivity contribution in [3.05, 3.63) is 0 Å². The largest absolute Gasteiger partial charge is 0.314 e. The Bertz CT molecular complexity index is 371. The quantitative estimate of drug-likeness (QED) is 0.716. The Hall–Kier alpha value is -0.170. The number of sulfonamides is 1. The average Bonchev–Trinajstić information content (AvgIpc) is 2.56. The van der Waals surface area contributed by atoms with Gasteiger partial charge in [0.2, 0.25) is 10.0 Å². The molecule has 0 aromatic heterocycles. The minimum absolute atomic E-state index is 0.130. The monoisotopic (exact) mass is 305 g/mol. The molecule has 0 saturated carbocycles. The zero-order valence-electron chi connectivity index (χ0n) is 13.4. The van der Waals surface area contributed by atoms with Gasteiger partial charge >= 0.3 is 0 Å². The highest BCUT2D eigenvalue weighted by Gasteiger charge is 2.30. The molecule has 1 aliphatic heterocycles. The fraction of sp³-hybridized carbons (Fsp3) is 1.00. The maximum atomic E-state index is 12.5. The van der Waals surface area contributed by atoms with E-state index < -0.39 is 10.0 Å². The summed E-state index contributed by atoms with van der Waals surface area (Å²) in [6.07, 6.45) is 2.49. The first kappa shape index (κ1) is 17.9.